The van der Waals surface area contributed by atoms with Crippen LogP contribution in [0.1, 0.15) is 28.8 Å². The van der Waals surface area contributed by atoms with Crippen molar-refractivity contribution in [2.24, 2.45) is 5.92 Å². The Morgan fingerprint density at radius 3 is 2.79 bits per heavy atom. The summed E-state index contributed by atoms with van der Waals surface area (Å²) in [6.45, 7) is 4.87. The number of benzene rings is 1. The highest BCUT2D eigenvalue weighted by Gasteiger charge is 2.25. The minimum atomic E-state index is -0.134. The van der Waals surface area contributed by atoms with E-state index in [-0.39, 0.29) is 11.7 Å². The highest BCUT2D eigenvalue weighted by molar-refractivity contribution is 7.08. The predicted molar refractivity (Wildman–Crippen MR) is 113 cm³/mol. The summed E-state index contributed by atoms with van der Waals surface area (Å²) < 4.78 is 14.0. The van der Waals surface area contributed by atoms with E-state index >= 15 is 0 Å². The Labute approximate surface area is 171 Å². The van der Waals surface area contributed by atoms with E-state index in [1.807, 2.05) is 48.0 Å². The van der Waals surface area contributed by atoms with Crippen LogP contribution in [0.15, 0.2) is 41.1 Å². The lowest BCUT2D eigenvalue weighted by atomic mass is 9.96. The fourth-order valence-electron chi connectivity index (χ4n) is 3.79. The minimum absolute atomic E-state index is 0.120. The van der Waals surface area contributed by atoms with Crippen molar-refractivity contribution in [1.82, 2.24) is 14.7 Å². The number of thiophene rings is 1. The van der Waals surface area contributed by atoms with Gasteiger partial charge in [0.1, 0.15) is 5.82 Å². The quantitative estimate of drug-likeness (QED) is 0.671. The summed E-state index contributed by atoms with van der Waals surface area (Å²) in [6.07, 6.45) is 2.20. The van der Waals surface area contributed by atoms with Crippen LogP contribution < -0.4 is 0 Å². The van der Waals surface area contributed by atoms with Gasteiger partial charge in [0.2, 0.25) is 0 Å². The van der Waals surface area contributed by atoms with Gasteiger partial charge in [-0.15, -0.1) is 0 Å². The van der Waals surface area contributed by atoms with Gasteiger partial charge in [-0.25, -0.2) is 4.39 Å². The molecule has 0 aliphatic carbocycles. The van der Waals surface area contributed by atoms with Crippen LogP contribution in [0.3, 0.4) is 0 Å². The number of hydrogen-bond acceptors (Lipinski definition) is 4. The highest BCUT2D eigenvalue weighted by Crippen LogP contribution is 2.22. The SMILES string of the molecule is CN(C)CCN(CC1CCCN(Cc2ccccc2F)C1)C(=O)c1ccsc1. The summed E-state index contributed by atoms with van der Waals surface area (Å²) in [5.41, 5.74) is 1.53. The highest BCUT2D eigenvalue weighted by atomic mass is 32.1. The number of hydrogen-bond donors (Lipinski definition) is 0. The van der Waals surface area contributed by atoms with Crippen molar-refractivity contribution in [2.45, 2.75) is 19.4 Å². The second kappa shape index (κ2) is 10.1. The van der Waals surface area contributed by atoms with E-state index in [9.17, 15) is 9.18 Å². The molecule has 1 aliphatic heterocycles. The third-order valence-electron chi connectivity index (χ3n) is 5.31. The minimum Gasteiger partial charge on any atom is -0.337 e. The zero-order valence-corrected chi connectivity index (χ0v) is 17.6. The largest absolute Gasteiger partial charge is 0.337 e. The molecular formula is C22H30FN3OS. The molecule has 152 valence electrons. The molecule has 1 atom stereocenters. The summed E-state index contributed by atoms with van der Waals surface area (Å²) >= 11 is 1.56. The molecule has 1 fully saturated rings. The maximum absolute atomic E-state index is 14.0. The van der Waals surface area contributed by atoms with Crippen molar-refractivity contribution in [3.05, 3.63) is 58.0 Å². The number of carbonyl (C=O) groups excluding carboxylic acids is 1. The number of likely N-dealkylation sites (N-methyl/N-ethyl adjacent to an activating group) is 1. The monoisotopic (exact) mass is 403 g/mol. The third kappa shape index (κ3) is 5.87. The molecule has 6 heteroatoms. The molecule has 1 unspecified atom stereocenters. The number of piperidine rings is 1. The first-order valence-electron chi connectivity index (χ1n) is 9.95. The second-order valence-electron chi connectivity index (χ2n) is 7.90. The Morgan fingerprint density at radius 2 is 2.07 bits per heavy atom. The lowest BCUT2D eigenvalue weighted by Gasteiger charge is -2.36. The average molecular weight is 404 g/mol. The first-order chi connectivity index (χ1) is 13.5. The van der Waals surface area contributed by atoms with Gasteiger partial charge in [0.15, 0.2) is 0 Å². The summed E-state index contributed by atoms with van der Waals surface area (Å²) in [4.78, 5) is 19.4. The van der Waals surface area contributed by atoms with E-state index in [1.54, 1.807) is 17.4 Å². The molecule has 1 aromatic heterocycles. The van der Waals surface area contributed by atoms with Gasteiger partial charge in [-0.2, -0.15) is 11.3 Å². The molecule has 0 N–H and O–H groups in total. The molecule has 28 heavy (non-hydrogen) atoms. The Kier molecular flexibility index (Phi) is 7.59. The van der Waals surface area contributed by atoms with Crippen molar-refractivity contribution in [3.8, 4) is 0 Å². The van der Waals surface area contributed by atoms with E-state index < -0.39 is 0 Å². The van der Waals surface area contributed by atoms with Crippen LogP contribution >= 0.6 is 11.3 Å². The summed E-state index contributed by atoms with van der Waals surface area (Å²) in [5, 5.41) is 3.88. The van der Waals surface area contributed by atoms with E-state index in [2.05, 4.69) is 9.80 Å². The number of carbonyl (C=O) groups is 1. The van der Waals surface area contributed by atoms with Crippen molar-refractivity contribution in [1.29, 1.82) is 0 Å². The van der Waals surface area contributed by atoms with E-state index in [4.69, 9.17) is 0 Å². The lowest BCUT2D eigenvalue weighted by Crippen LogP contribution is -2.44. The Hall–Kier alpha value is -1.76. The third-order valence-corrected chi connectivity index (χ3v) is 5.99. The van der Waals surface area contributed by atoms with Crippen molar-refractivity contribution < 1.29 is 9.18 Å². The molecule has 1 amide bonds. The van der Waals surface area contributed by atoms with Gasteiger partial charge in [0.25, 0.3) is 5.91 Å². The average Bonchev–Trinajstić information content (AvgIpc) is 3.21. The fraction of sp³-hybridized carbons (Fsp3) is 0.500. The molecule has 1 saturated heterocycles. The molecular weight excluding hydrogens is 373 g/mol. The number of amides is 1. The first kappa shape index (κ1) is 21.0. The molecule has 0 saturated carbocycles. The second-order valence-corrected chi connectivity index (χ2v) is 8.68. The van der Waals surface area contributed by atoms with Crippen molar-refractivity contribution in [2.75, 3.05) is 46.8 Å². The van der Waals surface area contributed by atoms with Gasteiger partial charge < -0.3 is 9.80 Å². The molecule has 2 aromatic rings. The zero-order valence-electron chi connectivity index (χ0n) is 16.8. The summed E-state index contributed by atoms with van der Waals surface area (Å²) in [5.74, 6) is 0.407. The fourth-order valence-corrected chi connectivity index (χ4v) is 4.42. The Balaban J connectivity index is 1.62. The first-order valence-corrected chi connectivity index (χ1v) is 10.9. The molecule has 2 heterocycles. The van der Waals surface area contributed by atoms with Crippen LogP contribution in [0.25, 0.3) is 0 Å². The van der Waals surface area contributed by atoms with E-state index in [1.165, 1.54) is 6.07 Å². The molecule has 3 rings (SSSR count). The normalized spacial score (nSPS) is 17.8. The Morgan fingerprint density at radius 1 is 1.25 bits per heavy atom. The van der Waals surface area contributed by atoms with Crippen LogP contribution in [0, 0.1) is 11.7 Å². The molecule has 0 radical (unpaired) electrons. The predicted octanol–water partition coefficient (Wildman–Crippen LogP) is 3.80. The molecule has 0 bridgehead atoms. The standard InChI is InChI=1S/C22H30FN3OS/c1-24(2)11-12-26(22(27)20-9-13-28-17-20)15-18-6-5-10-25(14-18)16-19-7-3-4-8-21(19)23/h3-4,7-9,13,17-18H,5-6,10-12,14-16H2,1-2H3. The van der Waals surface area contributed by atoms with Crippen LogP contribution in [0.4, 0.5) is 4.39 Å². The van der Waals surface area contributed by atoms with Gasteiger partial charge in [-0.3, -0.25) is 9.69 Å². The Bertz CT molecular complexity index is 750. The maximum atomic E-state index is 14.0. The number of likely N-dealkylation sites (tertiary alicyclic amines) is 1. The summed E-state index contributed by atoms with van der Waals surface area (Å²) in [7, 11) is 4.06. The molecule has 1 aliphatic rings. The van der Waals surface area contributed by atoms with Gasteiger partial charge >= 0.3 is 0 Å². The lowest BCUT2D eigenvalue weighted by molar-refractivity contribution is 0.0660. The topological polar surface area (TPSA) is 26.8 Å². The van der Waals surface area contributed by atoms with E-state index in [0.29, 0.717) is 12.5 Å². The van der Waals surface area contributed by atoms with Crippen LogP contribution in [-0.2, 0) is 6.54 Å². The zero-order chi connectivity index (χ0) is 19.9. The molecule has 0 spiro atoms. The van der Waals surface area contributed by atoms with Crippen molar-refractivity contribution >= 4 is 17.2 Å². The van der Waals surface area contributed by atoms with Gasteiger partial charge in [0.05, 0.1) is 5.56 Å². The molecule has 4 nitrogen and oxygen atoms in total. The van der Waals surface area contributed by atoms with Crippen molar-refractivity contribution in [3.63, 3.8) is 0 Å². The van der Waals surface area contributed by atoms with Crippen LogP contribution in [0.5, 0.6) is 0 Å². The van der Waals surface area contributed by atoms with Crippen LogP contribution in [0.2, 0.25) is 0 Å². The van der Waals surface area contributed by atoms with E-state index in [0.717, 1.165) is 56.7 Å². The number of nitrogens with zero attached hydrogens (tertiary/aromatic N) is 3. The number of halogens is 1. The maximum Gasteiger partial charge on any atom is 0.254 e. The summed E-state index contributed by atoms with van der Waals surface area (Å²) in [6, 6.07) is 8.92. The van der Waals surface area contributed by atoms with Gasteiger partial charge in [-0.05, 0) is 56.9 Å². The van der Waals surface area contributed by atoms with Gasteiger partial charge in [0, 0.05) is 43.7 Å². The molecule has 1 aromatic carbocycles. The smallest absolute Gasteiger partial charge is 0.254 e. The van der Waals surface area contributed by atoms with Crippen LogP contribution in [-0.4, -0.2) is 67.4 Å². The van der Waals surface area contributed by atoms with Gasteiger partial charge in [-0.1, -0.05) is 18.2 Å². The number of rotatable bonds is 8.